The average Bonchev–Trinajstić information content (AvgIpc) is 2.30. The number of aliphatic hydroxyl groups excluding tert-OH is 1. The fourth-order valence-corrected chi connectivity index (χ4v) is 2.40. The highest BCUT2D eigenvalue weighted by atomic mass is 16.3. The summed E-state index contributed by atoms with van der Waals surface area (Å²) < 4.78 is 0. The monoisotopic (exact) mass is 220 g/mol. The highest BCUT2D eigenvalue weighted by Crippen LogP contribution is 2.28. The molecule has 1 saturated heterocycles. The van der Waals surface area contributed by atoms with Crippen LogP contribution in [-0.2, 0) is 0 Å². The van der Waals surface area contributed by atoms with Crippen molar-refractivity contribution in [2.24, 2.45) is 5.92 Å². The maximum atomic E-state index is 9.65. The number of hydrogen-bond donors (Lipinski definition) is 2. The van der Waals surface area contributed by atoms with E-state index in [2.05, 4.69) is 11.0 Å². The summed E-state index contributed by atoms with van der Waals surface area (Å²) in [5.41, 5.74) is 7.90. The highest BCUT2D eigenvalue weighted by Gasteiger charge is 2.24. The van der Waals surface area contributed by atoms with E-state index >= 15 is 0 Å². The van der Waals surface area contributed by atoms with Gasteiger partial charge in [-0.2, -0.15) is 0 Å². The number of benzene rings is 1. The van der Waals surface area contributed by atoms with Gasteiger partial charge in [-0.25, -0.2) is 0 Å². The van der Waals surface area contributed by atoms with Crippen LogP contribution in [0.25, 0.3) is 0 Å². The SMILES string of the molecule is C[C@@H](O)[C@@H]1CCCN(c2ccccc2N)C1. The van der Waals surface area contributed by atoms with Crippen molar-refractivity contribution in [2.75, 3.05) is 23.7 Å². The van der Waals surface area contributed by atoms with Crippen molar-refractivity contribution in [3.63, 3.8) is 0 Å². The Morgan fingerprint density at radius 1 is 1.44 bits per heavy atom. The second-order valence-electron chi connectivity index (χ2n) is 4.65. The third-order valence-corrected chi connectivity index (χ3v) is 3.42. The third-order valence-electron chi connectivity index (χ3n) is 3.42. The number of hydrogen-bond acceptors (Lipinski definition) is 3. The van der Waals surface area contributed by atoms with Crippen LogP contribution in [0.5, 0.6) is 0 Å². The number of piperidine rings is 1. The number of nitrogen functional groups attached to an aromatic ring is 1. The number of aliphatic hydroxyl groups is 1. The number of nitrogens with zero attached hydrogens (tertiary/aromatic N) is 1. The smallest absolute Gasteiger partial charge is 0.0600 e. The van der Waals surface area contributed by atoms with E-state index in [-0.39, 0.29) is 6.10 Å². The molecule has 0 aliphatic carbocycles. The van der Waals surface area contributed by atoms with Crippen molar-refractivity contribution >= 4 is 11.4 Å². The van der Waals surface area contributed by atoms with Gasteiger partial charge in [-0.05, 0) is 31.9 Å². The maximum absolute atomic E-state index is 9.65. The van der Waals surface area contributed by atoms with Gasteiger partial charge in [0.15, 0.2) is 0 Å². The predicted molar refractivity (Wildman–Crippen MR) is 67.5 cm³/mol. The fraction of sp³-hybridized carbons (Fsp3) is 0.538. The minimum absolute atomic E-state index is 0.229. The van der Waals surface area contributed by atoms with E-state index in [1.807, 2.05) is 25.1 Å². The normalized spacial score (nSPS) is 23.1. The molecule has 3 nitrogen and oxygen atoms in total. The largest absolute Gasteiger partial charge is 0.397 e. The Bertz CT molecular complexity index is 352. The fourth-order valence-electron chi connectivity index (χ4n) is 2.40. The van der Waals surface area contributed by atoms with Gasteiger partial charge in [0, 0.05) is 19.0 Å². The summed E-state index contributed by atoms with van der Waals surface area (Å²) in [4.78, 5) is 2.29. The van der Waals surface area contributed by atoms with Crippen LogP contribution in [0.3, 0.4) is 0 Å². The van der Waals surface area contributed by atoms with Crippen molar-refractivity contribution in [1.82, 2.24) is 0 Å². The first kappa shape index (κ1) is 11.3. The molecule has 0 spiro atoms. The second-order valence-corrected chi connectivity index (χ2v) is 4.65. The van der Waals surface area contributed by atoms with Gasteiger partial charge in [-0.1, -0.05) is 12.1 Å². The Kier molecular flexibility index (Phi) is 3.34. The van der Waals surface area contributed by atoms with E-state index in [9.17, 15) is 5.11 Å². The van der Waals surface area contributed by atoms with Gasteiger partial charge in [0.05, 0.1) is 17.5 Å². The summed E-state index contributed by atoms with van der Waals surface area (Å²) in [7, 11) is 0. The lowest BCUT2D eigenvalue weighted by atomic mass is 9.93. The molecule has 2 atom stereocenters. The Labute approximate surface area is 96.9 Å². The number of rotatable bonds is 2. The first-order chi connectivity index (χ1) is 7.68. The molecule has 0 radical (unpaired) electrons. The van der Waals surface area contributed by atoms with Crippen molar-refractivity contribution in [3.8, 4) is 0 Å². The molecule has 1 aliphatic rings. The molecule has 1 aliphatic heterocycles. The zero-order chi connectivity index (χ0) is 11.5. The zero-order valence-corrected chi connectivity index (χ0v) is 9.76. The molecule has 1 aromatic carbocycles. The van der Waals surface area contributed by atoms with Crippen molar-refractivity contribution in [1.29, 1.82) is 0 Å². The lowest BCUT2D eigenvalue weighted by molar-refractivity contribution is 0.115. The van der Waals surface area contributed by atoms with E-state index in [1.54, 1.807) is 0 Å². The lowest BCUT2D eigenvalue weighted by Gasteiger charge is -2.36. The summed E-state index contributed by atoms with van der Waals surface area (Å²) in [5.74, 6) is 0.369. The van der Waals surface area contributed by atoms with Gasteiger partial charge < -0.3 is 15.7 Å². The number of anilines is 2. The molecular formula is C13H20N2O. The molecule has 0 saturated carbocycles. The van der Waals surface area contributed by atoms with E-state index in [0.29, 0.717) is 5.92 Å². The van der Waals surface area contributed by atoms with Gasteiger partial charge in [-0.3, -0.25) is 0 Å². The molecule has 0 unspecified atom stereocenters. The molecule has 0 bridgehead atoms. The summed E-state index contributed by atoms with van der Waals surface area (Å²) in [6.45, 7) is 3.83. The predicted octanol–water partition coefficient (Wildman–Crippen LogP) is 1.87. The highest BCUT2D eigenvalue weighted by molar-refractivity contribution is 5.67. The molecule has 3 heteroatoms. The van der Waals surface area contributed by atoms with Crippen molar-refractivity contribution in [3.05, 3.63) is 24.3 Å². The standard InChI is InChI=1S/C13H20N2O/c1-10(16)11-5-4-8-15(9-11)13-7-3-2-6-12(13)14/h2-3,6-7,10-11,16H,4-5,8-9,14H2,1H3/t10-,11-/m1/s1. The second kappa shape index (κ2) is 4.74. The molecule has 0 amide bonds. The number of para-hydroxylation sites is 2. The van der Waals surface area contributed by atoms with Gasteiger partial charge in [0.2, 0.25) is 0 Å². The van der Waals surface area contributed by atoms with Crippen LogP contribution in [0.1, 0.15) is 19.8 Å². The summed E-state index contributed by atoms with van der Waals surface area (Å²) in [5, 5.41) is 9.65. The molecule has 16 heavy (non-hydrogen) atoms. The topological polar surface area (TPSA) is 49.5 Å². The van der Waals surface area contributed by atoms with E-state index in [1.165, 1.54) is 0 Å². The zero-order valence-electron chi connectivity index (χ0n) is 9.76. The first-order valence-electron chi connectivity index (χ1n) is 5.96. The van der Waals surface area contributed by atoms with Crippen molar-refractivity contribution < 1.29 is 5.11 Å². The van der Waals surface area contributed by atoms with Crippen LogP contribution in [0.2, 0.25) is 0 Å². The summed E-state index contributed by atoms with van der Waals surface area (Å²) in [6, 6.07) is 7.95. The Hall–Kier alpha value is -1.22. The molecule has 88 valence electrons. The molecule has 0 aromatic heterocycles. The van der Waals surface area contributed by atoms with Crippen LogP contribution in [0, 0.1) is 5.92 Å². The minimum atomic E-state index is -0.229. The van der Waals surface area contributed by atoms with Gasteiger partial charge in [0.1, 0.15) is 0 Å². The van der Waals surface area contributed by atoms with E-state index < -0.39 is 0 Å². The molecule has 3 N–H and O–H groups in total. The van der Waals surface area contributed by atoms with Crippen LogP contribution in [0.4, 0.5) is 11.4 Å². The van der Waals surface area contributed by atoms with Gasteiger partial charge in [-0.15, -0.1) is 0 Å². The molecular weight excluding hydrogens is 200 g/mol. The van der Waals surface area contributed by atoms with Crippen molar-refractivity contribution in [2.45, 2.75) is 25.9 Å². The molecule has 1 heterocycles. The average molecular weight is 220 g/mol. The summed E-state index contributed by atoms with van der Waals surface area (Å²) >= 11 is 0. The van der Waals surface area contributed by atoms with Gasteiger partial charge in [0.25, 0.3) is 0 Å². The quantitative estimate of drug-likeness (QED) is 0.748. The summed E-state index contributed by atoms with van der Waals surface area (Å²) in [6.07, 6.45) is 2.01. The maximum Gasteiger partial charge on any atom is 0.0600 e. The van der Waals surface area contributed by atoms with Crippen LogP contribution < -0.4 is 10.6 Å². The molecule has 1 aromatic rings. The van der Waals surface area contributed by atoms with Crippen LogP contribution >= 0.6 is 0 Å². The van der Waals surface area contributed by atoms with Crippen LogP contribution in [0.15, 0.2) is 24.3 Å². The Morgan fingerprint density at radius 3 is 2.88 bits per heavy atom. The first-order valence-corrected chi connectivity index (χ1v) is 5.96. The minimum Gasteiger partial charge on any atom is -0.397 e. The third kappa shape index (κ3) is 2.30. The van der Waals surface area contributed by atoms with Gasteiger partial charge >= 0.3 is 0 Å². The lowest BCUT2D eigenvalue weighted by Crippen LogP contribution is -2.39. The Balaban J connectivity index is 2.13. The van der Waals surface area contributed by atoms with Crippen LogP contribution in [-0.4, -0.2) is 24.3 Å². The van der Waals surface area contributed by atoms with E-state index in [4.69, 9.17) is 5.73 Å². The molecule has 1 fully saturated rings. The Morgan fingerprint density at radius 2 is 2.19 bits per heavy atom. The van der Waals surface area contributed by atoms with E-state index in [0.717, 1.165) is 37.3 Å². The number of nitrogens with two attached hydrogens (primary N) is 1. The molecule has 2 rings (SSSR count).